The smallest absolute Gasteiger partial charge is 0.383 e. The van der Waals surface area contributed by atoms with E-state index in [1.165, 1.54) is 7.11 Å². The van der Waals surface area contributed by atoms with Gasteiger partial charge in [0, 0.05) is 26.2 Å². The Morgan fingerprint density at radius 3 is 2.45 bits per heavy atom. The number of hydrogen-bond donors (Lipinski definition) is 1. The maximum Gasteiger partial charge on any atom is 0.463 e. The van der Waals surface area contributed by atoms with E-state index in [0.29, 0.717) is 17.9 Å². The predicted octanol–water partition coefficient (Wildman–Crippen LogP) is 1.41. The minimum Gasteiger partial charge on any atom is -0.383 e. The molecular weight excluding hydrogens is 287 g/mol. The summed E-state index contributed by atoms with van der Waals surface area (Å²) in [5.41, 5.74) is 0. The zero-order valence-electron chi connectivity index (χ0n) is 11.0. The number of carbonyl (C=O) groups is 1. The van der Waals surface area contributed by atoms with E-state index in [-0.39, 0.29) is 25.7 Å². The van der Waals surface area contributed by atoms with E-state index in [2.05, 4.69) is 10.1 Å². The number of rotatable bonds is 6. The molecule has 1 fully saturated rings. The number of alkyl halides is 5. The predicted molar refractivity (Wildman–Crippen MR) is 60.5 cm³/mol. The van der Waals surface area contributed by atoms with Crippen molar-refractivity contribution in [3.05, 3.63) is 0 Å². The maximum absolute atomic E-state index is 13.1. The Labute approximate surface area is 113 Å². The number of nitrogens with one attached hydrogen (secondary N) is 1. The zero-order valence-corrected chi connectivity index (χ0v) is 11.0. The second-order valence-electron chi connectivity index (χ2n) is 4.61. The summed E-state index contributed by atoms with van der Waals surface area (Å²) in [6.45, 7) is 0.0616. The molecule has 0 spiro atoms. The number of carbonyl (C=O) groups excluding carboxylic acids is 1. The van der Waals surface area contributed by atoms with Crippen LogP contribution in [0.1, 0.15) is 12.8 Å². The Hall–Kier alpha value is -0.960. The Morgan fingerprint density at radius 1 is 1.35 bits per heavy atom. The molecule has 0 bridgehead atoms. The van der Waals surface area contributed by atoms with Crippen molar-refractivity contribution >= 4 is 5.91 Å². The molecule has 20 heavy (non-hydrogen) atoms. The van der Waals surface area contributed by atoms with Crippen LogP contribution in [0.3, 0.4) is 0 Å². The summed E-state index contributed by atoms with van der Waals surface area (Å²) in [6.07, 6.45) is -4.46. The van der Waals surface area contributed by atoms with Gasteiger partial charge in [-0.25, -0.2) is 0 Å². The summed E-state index contributed by atoms with van der Waals surface area (Å²) in [7, 11) is 1.28. The van der Waals surface area contributed by atoms with Gasteiger partial charge in [-0.05, 0) is 19.4 Å². The summed E-state index contributed by atoms with van der Waals surface area (Å²) >= 11 is 0. The molecule has 1 amide bonds. The molecule has 1 N–H and O–H groups in total. The van der Waals surface area contributed by atoms with E-state index in [9.17, 15) is 26.7 Å². The van der Waals surface area contributed by atoms with Gasteiger partial charge < -0.3 is 15.0 Å². The lowest BCUT2D eigenvalue weighted by molar-refractivity contribution is -0.274. The summed E-state index contributed by atoms with van der Waals surface area (Å²) in [5.74, 6) is -7.60. The molecule has 1 rings (SSSR count). The fourth-order valence-corrected chi connectivity index (χ4v) is 1.98. The molecule has 0 aromatic carbocycles. The van der Waals surface area contributed by atoms with Gasteiger partial charge in [0.05, 0.1) is 6.61 Å². The van der Waals surface area contributed by atoms with Crippen molar-refractivity contribution < 1.29 is 31.5 Å². The summed E-state index contributed by atoms with van der Waals surface area (Å²) in [6, 6.07) is -0.264. The van der Waals surface area contributed by atoms with Gasteiger partial charge in [-0.3, -0.25) is 4.79 Å². The van der Waals surface area contributed by atoms with Crippen LogP contribution in [0.4, 0.5) is 22.0 Å². The van der Waals surface area contributed by atoms with Crippen LogP contribution in [-0.4, -0.2) is 62.3 Å². The van der Waals surface area contributed by atoms with Crippen molar-refractivity contribution in [1.82, 2.24) is 10.2 Å². The van der Waals surface area contributed by atoms with Crippen molar-refractivity contribution in [3.8, 4) is 0 Å². The second kappa shape index (κ2) is 6.66. The van der Waals surface area contributed by atoms with Crippen molar-refractivity contribution in [3.63, 3.8) is 0 Å². The highest BCUT2D eigenvalue weighted by Crippen LogP contribution is 2.37. The van der Waals surface area contributed by atoms with Gasteiger partial charge in [-0.2, -0.15) is 22.0 Å². The highest BCUT2D eigenvalue weighted by atomic mass is 19.4. The number of nitrogens with zero attached hydrogens (tertiary/aromatic N) is 1. The number of hydrogen-bond acceptors (Lipinski definition) is 3. The summed E-state index contributed by atoms with van der Waals surface area (Å²) < 4.78 is 67.5. The average molecular weight is 304 g/mol. The molecule has 0 aliphatic carbocycles. The number of methoxy groups -OCH3 is 1. The zero-order chi connectivity index (χ0) is 15.4. The molecule has 1 aliphatic rings. The van der Waals surface area contributed by atoms with Crippen molar-refractivity contribution in [1.29, 1.82) is 0 Å². The van der Waals surface area contributed by atoms with Gasteiger partial charge in [0.25, 0.3) is 0 Å². The molecule has 1 unspecified atom stereocenters. The highest BCUT2D eigenvalue weighted by molar-refractivity contribution is 5.84. The molecular formula is C11H17F5N2O2. The van der Waals surface area contributed by atoms with Crippen LogP contribution in [0.5, 0.6) is 0 Å². The number of ether oxygens (including phenoxy) is 1. The minimum atomic E-state index is -5.89. The highest BCUT2D eigenvalue weighted by Gasteiger charge is 2.64. The van der Waals surface area contributed by atoms with Crippen LogP contribution in [0.2, 0.25) is 0 Å². The van der Waals surface area contributed by atoms with E-state index >= 15 is 0 Å². The second-order valence-corrected chi connectivity index (χ2v) is 4.61. The van der Waals surface area contributed by atoms with E-state index in [1.54, 1.807) is 0 Å². The van der Waals surface area contributed by atoms with Crippen LogP contribution < -0.4 is 5.32 Å². The van der Waals surface area contributed by atoms with E-state index < -0.39 is 18.0 Å². The summed E-state index contributed by atoms with van der Waals surface area (Å²) in [4.78, 5) is 12.0. The molecule has 0 saturated carbocycles. The third-order valence-electron chi connectivity index (χ3n) is 3.08. The Balaban J connectivity index is 2.77. The van der Waals surface area contributed by atoms with E-state index in [4.69, 9.17) is 0 Å². The van der Waals surface area contributed by atoms with Crippen LogP contribution in [0, 0.1) is 0 Å². The quantitative estimate of drug-likeness (QED) is 0.755. The normalized spacial score (nSPS) is 20.2. The van der Waals surface area contributed by atoms with Gasteiger partial charge in [0.15, 0.2) is 0 Å². The van der Waals surface area contributed by atoms with Gasteiger partial charge in [-0.15, -0.1) is 0 Å². The largest absolute Gasteiger partial charge is 0.463 e. The Bertz CT molecular complexity index is 329. The topological polar surface area (TPSA) is 41.6 Å². The van der Waals surface area contributed by atoms with E-state index in [0.717, 1.165) is 6.42 Å². The third-order valence-corrected chi connectivity index (χ3v) is 3.08. The minimum absolute atomic E-state index is 0.105. The first-order valence-electron chi connectivity index (χ1n) is 6.16. The molecule has 118 valence electrons. The molecule has 0 radical (unpaired) electrons. The molecule has 1 aliphatic heterocycles. The first kappa shape index (κ1) is 17.1. The number of amides is 1. The third kappa shape index (κ3) is 4.02. The van der Waals surface area contributed by atoms with Crippen LogP contribution in [0.25, 0.3) is 0 Å². The van der Waals surface area contributed by atoms with Crippen molar-refractivity contribution in [2.75, 3.05) is 33.4 Å². The van der Waals surface area contributed by atoms with Gasteiger partial charge >= 0.3 is 18.0 Å². The lowest BCUT2D eigenvalue weighted by Crippen LogP contribution is -2.55. The lowest BCUT2D eigenvalue weighted by Gasteiger charge is -2.29. The van der Waals surface area contributed by atoms with Crippen LogP contribution in [-0.2, 0) is 9.53 Å². The maximum atomic E-state index is 13.1. The monoisotopic (exact) mass is 304 g/mol. The Morgan fingerprint density at radius 2 is 2.00 bits per heavy atom. The van der Waals surface area contributed by atoms with E-state index in [1.807, 2.05) is 0 Å². The molecule has 0 aromatic heterocycles. The molecule has 1 saturated heterocycles. The fourth-order valence-electron chi connectivity index (χ4n) is 1.98. The van der Waals surface area contributed by atoms with Gasteiger partial charge in [0.2, 0.25) is 0 Å². The first-order chi connectivity index (χ1) is 9.20. The average Bonchev–Trinajstić information content (AvgIpc) is 2.84. The lowest BCUT2D eigenvalue weighted by atomic mass is 10.2. The van der Waals surface area contributed by atoms with Crippen LogP contribution in [0.15, 0.2) is 0 Å². The standard InChI is InChI=1S/C11H17F5N2O2/c1-20-6-5-18(7-8-3-2-4-17-8)9(19)10(12,13)11(14,15)16/h8,17H,2-7H2,1H3. The summed E-state index contributed by atoms with van der Waals surface area (Å²) in [5, 5.41) is 2.95. The molecule has 0 aromatic rings. The first-order valence-corrected chi connectivity index (χ1v) is 6.16. The Kier molecular flexibility index (Phi) is 5.69. The number of halogens is 5. The fraction of sp³-hybridized carbons (Fsp3) is 0.909. The molecule has 9 heteroatoms. The van der Waals surface area contributed by atoms with Crippen molar-refractivity contribution in [2.45, 2.75) is 31.0 Å². The van der Waals surface area contributed by atoms with Crippen LogP contribution >= 0.6 is 0 Å². The molecule has 1 atom stereocenters. The SMILES string of the molecule is COCCN(CC1CCCN1)C(=O)C(F)(F)C(F)(F)F. The molecule has 1 heterocycles. The van der Waals surface area contributed by atoms with Crippen molar-refractivity contribution in [2.24, 2.45) is 0 Å². The molecule has 4 nitrogen and oxygen atoms in total. The van der Waals surface area contributed by atoms with Gasteiger partial charge in [0.1, 0.15) is 0 Å². The van der Waals surface area contributed by atoms with Gasteiger partial charge in [-0.1, -0.05) is 0 Å².